The van der Waals surface area contributed by atoms with Crippen LogP contribution in [0.5, 0.6) is 0 Å². The van der Waals surface area contributed by atoms with E-state index < -0.39 is 17.9 Å². The van der Waals surface area contributed by atoms with E-state index in [2.05, 4.69) is 10.3 Å². The van der Waals surface area contributed by atoms with Gasteiger partial charge in [0.15, 0.2) is 0 Å². The van der Waals surface area contributed by atoms with Crippen LogP contribution in [0.15, 0.2) is 65.3 Å². The fourth-order valence-electron chi connectivity index (χ4n) is 4.02. The number of ether oxygens (including phenoxy) is 1. The van der Waals surface area contributed by atoms with Crippen molar-refractivity contribution in [3.8, 4) is 0 Å². The van der Waals surface area contributed by atoms with Crippen LogP contribution in [-0.4, -0.2) is 24.0 Å². The van der Waals surface area contributed by atoms with E-state index in [1.54, 1.807) is 6.92 Å². The topological polar surface area (TPSA) is 33.6 Å². The van der Waals surface area contributed by atoms with Crippen LogP contribution in [0.2, 0.25) is 0 Å². The van der Waals surface area contributed by atoms with E-state index in [1.165, 1.54) is 0 Å². The van der Waals surface area contributed by atoms with Crippen molar-refractivity contribution in [2.45, 2.75) is 71.4 Å². The minimum Gasteiger partial charge on any atom is -0.371 e. The molecule has 1 aliphatic carbocycles. The van der Waals surface area contributed by atoms with Gasteiger partial charge in [0, 0.05) is 11.4 Å². The molecule has 1 N–H and O–H groups in total. The van der Waals surface area contributed by atoms with E-state index in [-0.39, 0.29) is 6.10 Å². The first-order chi connectivity index (χ1) is 15.2. The van der Waals surface area contributed by atoms with Crippen LogP contribution in [0, 0.1) is 13.8 Å². The zero-order valence-corrected chi connectivity index (χ0v) is 18.9. The van der Waals surface area contributed by atoms with Gasteiger partial charge in [-0.05, 0) is 56.4 Å². The fourth-order valence-corrected chi connectivity index (χ4v) is 4.02. The van der Waals surface area contributed by atoms with Crippen LogP contribution >= 0.6 is 0 Å². The van der Waals surface area contributed by atoms with Gasteiger partial charge in [0.2, 0.25) is 0 Å². The van der Waals surface area contributed by atoms with Crippen molar-refractivity contribution in [2.24, 2.45) is 4.99 Å². The molecule has 0 radical (unpaired) electrons. The third-order valence-corrected chi connectivity index (χ3v) is 5.73. The number of halogens is 3. The molecule has 3 rings (SSSR count). The molecule has 0 heterocycles. The van der Waals surface area contributed by atoms with Gasteiger partial charge in [-0.1, -0.05) is 61.4 Å². The molecule has 0 aliphatic heterocycles. The average molecular weight is 445 g/mol. The predicted molar refractivity (Wildman–Crippen MR) is 124 cm³/mol. The highest BCUT2D eigenvalue weighted by molar-refractivity contribution is 6.00. The fraction of sp³-hybridized carbons (Fsp3) is 0.423. The Morgan fingerprint density at radius 3 is 2.34 bits per heavy atom. The summed E-state index contributed by atoms with van der Waals surface area (Å²) >= 11 is 0. The number of rotatable bonds is 7. The molecule has 1 saturated carbocycles. The summed E-state index contributed by atoms with van der Waals surface area (Å²) in [6, 6.07) is 15.0. The van der Waals surface area contributed by atoms with Crippen molar-refractivity contribution in [1.29, 1.82) is 0 Å². The van der Waals surface area contributed by atoms with E-state index in [1.807, 2.05) is 62.4 Å². The summed E-state index contributed by atoms with van der Waals surface area (Å²) in [4.78, 5) is 4.18. The molecule has 172 valence electrons. The maximum absolute atomic E-state index is 13.9. The monoisotopic (exact) mass is 444 g/mol. The Labute approximate surface area is 188 Å². The van der Waals surface area contributed by atoms with Crippen molar-refractivity contribution < 1.29 is 17.9 Å². The summed E-state index contributed by atoms with van der Waals surface area (Å²) in [6.07, 6.45) is -0.642. The van der Waals surface area contributed by atoms with Crippen molar-refractivity contribution >= 4 is 11.4 Å². The first kappa shape index (κ1) is 24.1. The third-order valence-electron chi connectivity index (χ3n) is 5.73. The van der Waals surface area contributed by atoms with Crippen LogP contribution in [0.3, 0.4) is 0 Å². The first-order valence-corrected chi connectivity index (χ1v) is 11.1. The van der Waals surface area contributed by atoms with Gasteiger partial charge in [0.05, 0.1) is 18.8 Å². The zero-order chi connectivity index (χ0) is 23.1. The summed E-state index contributed by atoms with van der Waals surface area (Å²) in [6.45, 7) is 5.87. The standard InChI is InChI=1S/C26H31F3N2O/c1-18-10-9-11-19(2)25(18)30-20(3)16-24(26(27,28)29)31-22-14-7-8-15-23(22)32-17-21-12-5-4-6-13-21/h4-6,9-13,16,22-23,30H,7-8,14-15,17H2,1-3H3/t22-,23-/m1/s1. The lowest BCUT2D eigenvalue weighted by Crippen LogP contribution is -2.34. The van der Waals surface area contributed by atoms with Crippen molar-refractivity contribution in [1.82, 2.24) is 0 Å². The Morgan fingerprint density at radius 2 is 1.69 bits per heavy atom. The van der Waals surface area contributed by atoms with Gasteiger partial charge in [-0.15, -0.1) is 0 Å². The van der Waals surface area contributed by atoms with Crippen LogP contribution in [0.25, 0.3) is 0 Å². The second-order valence-electron chi connectivity index (χ2n) is 8.42. The van der Waals surface area contributed by atoms with Crippen molar-refractivity contribution in [2.75, 3.05) is 5.32 Å². The van der Waals surface area contributed by atoms with Gasteiger partial charge in [-0.25, -0.2) is 0 Å². The highest BCUT2D eigenvalue weighted by Gasteiger charge is 2.36. The summed E-state index contributed by atoms with van der Waals surface area (Å²) in [5, 5.41) is 3.13. The number of aliphatic imine (C=N–C) groups is 1. The molecular weight excluding hydrogens is 413 g/mol. The number of nitrogens with one attached hydrogen (secondary N) is 1. The smallest absolute Gasteiger partial charge is 0.371 e. The van der Waals surface area contributed by atoms with Crippen LogP contribution in [0.1, 0.15) is 49.3 Å². The molecule has 6 heteroatoms. The van der Waals surface area contributed by atoms with Crippen LogP contribution in [0.4, 0.5) is 18.9 Å². The van der Waals surface area contributed by atoms with Gasteiger partial charge >= 0.3 is 6.18 Å². The Kier molecular flexibility index (Phi) is 8.13. The van der Waals surface area contributed by atoms with E-state index >= 15 is 0 Å². The molecule has 0 spiro atoms. The summed E-state index contributed by atoms with van der Waals surface area (Å²) < 4.78 is 47.6. The number of alkyl halides is 3. The number of hydrogen-bond donors (Lipinski definition) is 1. The predicted octanol–water partition coefficient (Wildman–Crippen LogP) is 7.15. The first-order valence-electron chi connectivity index (χ1n) is 11.1. The number of para-hydroxylation sites is 1. The molecule has 2 atom stereocenters. The lowest BCUT2D eigenvalue weighted by atomic mass is 9.92. The summed E-state index contributed by atoms with van der Waals surface area (Å²) in [5.74, 6) is 0. The normalized spacial score (nSPS) is 20.3. The summed E-state index contributed by atoms with van der Waals surface area (Å²) in [5.41, 5.74) is 3.31. The molecule has 0 saturated heterocycles. The van der Waals surface area contributed by atoms with Crippen molar-refractivity contribution in [3.63, 3.8) is 0 Å². The number of benzene rings is 2. The molecule has 2 aromatic carbocycles. The lowest BCUT2D eigenvalue weighted by molar-refractivity contribution is -0.0590. The molecule has 2 aromatic rings. The van der Waals surface area contributed by atoms with Crippen LogP contribution < -0.4 is 5.32 Å². The largest absolute Gasteiger partial charge is 0.432 e. The number of aryl methyl sites for hydroxylation is 2. The second kappa shape index (κ2) is 10.8. The molecule has 1 fully saturated rings. The number of nitrogens with zero attached hydrogens (tertiary/aromatic N) is 1. The van der Waals surface area contributed by atoms with E-state index in [0.717, 1.165) is 47.7 Å². The Bertz CT molecular complexity index is 931. The van der Waals surface area contributed by atoms with Gasteiger partial charge in [0.1, 0.15) is 5.71 Å². The Hall–Kier alpha value is -2.60. The maximum Gasteiger partial charge on any atom is 0.432 e. The highest BCUT2D eigenvalue weighted by Crippen LogP contribution is 2.28. The minimum atomic E-state index is -4.54. The van der Waals surface area contributed by atoms with Gasteiger partial charge in [0.25, 0.3) is 0 Å². The quantitative estimate of drug-likeness (QED) is 0.460. The number of allylic oxidation sites excluding steroid dienone is 2. The molecular formula is C26H31F3N2O. The molecule has 1 aliphatic rings. The van der Waals surface area contributed by atoms with E-state index in [4.69, 9.17) is 4.74 Å². The Morgan fingerprint density at radius 1 is 1.03 bits per heavy atom. The third kappa shape index (κ3) is 6.70. The molecule has 3 nitrogen and oxygen atoms in total. The molecule has 32 heavy (non-hydrogen) atoms. The molecule has 0 unspecified atom stereocenters. The molecule has 0 aromatic heterocycles. The SMILES string of the molecule is CC(=CC(=N[C@@H]1CCCC[C@H]1OCc1ccccc1)C(F)(F)F)Nc1c(C)cccc1C. The minimum absolute atomic E-state index is 0.318. The van der Waals surface area contributed by atoms with Crippen molar-refractivity contribution in [3.05, 3.63) is 77.0 Å². The maximum atomic E-state index is 13.9. The second-order valence-corrected chi connectivity index (χ2v) is 8.42. The van der Waals surface area contributed by atoms with Gasteiger partial charge in [-0.2, -0.15) is 13.2 Å². The average Bonchev–Trinajstić information content (AvgIpc) is 2.75. The highest BCUT2D eigenvalue weighted by atomic mass is 19.4. The van der Waals surface area contributed by atoms with Gasteiger partial charge in [-0.3, -0.25) is 4.99 Å². The molecule has 0 amide bonds. The number of hydrogen-bond acceptors (Lipinski definition) is 3. The number of anilines is 1. The zero-order valence-electron chi connectivity index (χ0n) is 18.9. The Balaban J connectivity index is 1.80. The molecule has 0 bridgehead atoms. The van der Waals surface area contributed by atoms with E-state index in [9.17, 15) is 13.2 Å². The summed E-state index contributed by atoms with van der Waals surface area (Å²) in [7, 11) is 0. The van der Waals surface area contributed by atoms with Gasteiger partial charge < -0.3 is 10.1 Å². The van der Waals surface area contributed by atoms with E-state index in [0.29, 0.717) is 18.7 Å². The lowest BCUT2D eigenvalue weighted by Gasteiger charge is -2.29. The van der Waals surface area contributed by atoms with Crippen LogP contribution in [-0.2, 0) is 11.3 Å².